The summed E-state index contributed by atoms with van der Waals surface area (Å²) in [7, 11) is 0. The largest absolute Gasteiger partial charge is 0.416 e. The third kappa shape index (κ3) is 3.87. The van der Waals surface area contributed by atoms with Gasteiger partial charge in [0.25, 0.3) is 0 Å². The summed E-state index contributed by atoms with van der Waals surface area (Å²) >= 11 is 0. The van der Waals surface area contributed by atoms with E-state index in [4.69, 9.17) is 10.7 Å². The Morgan fingerprint density at radius 3 is 2.54 bits per heavy atom. The van der Waals surface area contributed by atoms with Gasteiger partial charge in [0.1, 0.15) is 11.6 Å². The van der Waals surface area contributed by atoms with Crippen LogP contribution >= 0.6 is 0 Å². The van der Waals surface area contributed by atoms with Crippen LogP contribution in [0.1, 0.15) is 54.3 Å². The van der Waals surface area contributed by atoms with Crippen LogP contribution in [0.3, 0.4) is 0 Å². The number of fused-ring (bicyclic) bond motifs is 3. The number of aromatic nitrogens is 2. The molecule has 2 aromatic carbocycles. The van der Waals surface area contributed by atoms with Crippen LogP contribution in [0.4, 0.5) is 30.4 Å². The van der Waals surface area contributed by atoms with E-state index in [1.165, 1.54) is 29.7 Å². The van der Waals surface area contributed by atoms with E-state index >= 15 is 0 Å². The van der Waals surface area contributed by atoms with Crippen LogP contribution in [0.5, 0.6) is 0 Å². The minimum absolute atomic E-state index is 0.0949. The standard InChI is InChI=1S/C27H30F3N5/c1-15-10-26(11-15)13-35(14-26)23-9-22-24(21-5-3-4-20(21)23)33-16(2)34-25(22)32-12-17-6-18(27(28,29)30)8-19(31)7-17/h6-9,15H,3-5,10-14,31H2,1-2H3,(H,32,33,34). The minimum Gasteiger partial charge on any atom is -0.399 e. The average Bonchev–Trinajstić information content (AvgIpc) is 3.23. The molecule has 0 unspecified atom stereocenters. The predicted octanol–water partition coefficient (Wildman–Crippen LogP) is 5.88. The summed E-state index contributed by atoms with van der Waals surface area (Å²) in [6.45, 7) is 6.59. The molecular formula is C27H30F3N5. The van der Waals surface area contributed by atoms with Gasteiger partial charge < -0.3 is 16.0 Å². The summed E-state index contributed by atoms with van der Waals surface area (Å²) in [5, 5.41) is 4.23. The van der Waals surface area contributed by atoms with Gasteiger partial charge in [0.05, 0.1) is 11.1 Å². The topological polar surface area (TPSA) is 67.1 Å². The SMILES string of the molecule is Cc1nc(NCc2cc(N)cc(C(F)(F)F)c2)c2cc(N3CC4(CC(C)C4)C3)c3c(c2n1)CCC3. The van der Waals surface area contributed by atoms with Crippen molar-refractivity contribution < 1.29 is 13.2 Å². The molecule has 1 aliphatic heterocycles. The molecule has 35 heavy (non-hydrogen) atoms. The van der Waals surface area contributed by atoms with Crippen molar-refractivity contribution in [2.75, 3.05) is 29.0 Å². The summed E-state index contributed by atoms with van der Waals surface area (Å²) in [5.74, 6) is 2.14. The second-order valence-corrected chi connectivity index (χ2v) is 10.9. The summed E-state index contributed by atoms with van der Waals surface area (Å²) in [4.78, 5) is 12.0. The van der Waals surface area contributed by atoms with Crippen molar-refractivity contribution in [2.45, 2.75) is 58.7 Å². The highest BCUT2D eigenvalue weighted by atomic mass is 19.4. The summed E-state index contributed by atoms with van der Waals surface area (Å²) < 4.78 is 39.8. The molecule has 2 aliphatic carbocycles. The number of nitrogen functional groups attached to an aromatic ring is 1. The van der Waals surface area contributed by atoms with Crippen molar-refractivity contribution in [2.24, 2.45) is 11.3 Å². The molecule has 3 aliphatic rings. The Hall–Kier alpha value is -3.03. The average molecular weight is 482 g/mol. The van der Waals surface area contributed by atoms with Gasteiger partial charge in [-0.2, -0.15) is 13.2 Å². The van der Waals surface area contributed by atoms with Crippen molar-refractivity contribution in [1.29, 1.82) is 0 Å². The molecule has 1 spiro atoms. The molecule has 3 aromatic rings. The Labute approximate surface area is 202 Å². The number of alkyl halides is 3. The number of hydrogen-bond donors (Lipinski definition) is 2. The van der Waals surface area contributed by atoms with Crippen LogP contribution in [-0.2, 0) is 25.6 Å². The molecule has 184 valence electrons. The molecule has 0 amide bonds. The van der Waals surface area contributed by atoms with Crippen molar-refractivity contribution in [3.8, 4) is 0 Å². The first-order valence-electron chi connectivity index (χ1n) is 12.4. The number of nitrogens with one attached hydrogen (secondary N) is 1. The first-order valence-corrected chi connectivity index (χ1v) is 12.4. The van der Waals surface area contributed by atoms with Gasteiger partial charge in [0.15, 0.2) is 0 Å². The molecule has 6 rings (SSSR count). The van der Waals surface area contributed by atoms with Crippen LogP contribution in [0.15, 0.2) is 24.3 Å². The molecule has 8 heteroatoms. The number of aryl methyl sites for hydroxylation is 2. The smallest absolute Gasteiger partial charge is 0.399 e. The fourth-order valence-corrected chi connectivity index (χ4v) is 6.66. The van der Waals surface area contributed by atoms with E-state index in [1.54, 1.807) is 6.07 Å². The van der Waals surface area contributed by atoms with E-state index in [0.717, 1.165) is 61.3 Å². The van der Waals surface area contributed by atoms with Gasteiger partial charge in [-0.1, -0.05) is 6.92 Å². The van der Waals surface area contributed by atoms with Crippen molar-refractivity contribution in [3.05, 3.63) is 52.3 Å². The lowest BCUT2D eigenvalue weighted by molar-refractivity contribution is -0.137. The van der Waals surface area contributed by atoms with E-state index in [0.29, 0.717) is 22.6 Å². The lowest BCUT2D eigenvalue weighted by atomic mass is 9.58. The zero-order valence-corrected chi connectivity index (χ0v) is 20.1. The van der Waals surface area contributed by atoms with E-state index < -0.39 is 11.7 Å². The summed E-state index contributed by atoms with van der Waals surface area (Å²) in [6.07, 6.45) is 1.37. The molecule has 3 N–H and O–H groups in total. The first kappa shape index (κ1) is 22.4. The highest BCUT2D eigenvalue weighted by Gasteiger charge is 2.51. The second kappa shape index (κ2) is 7.73. The molecule has 0 radical (unpaired) electrons. The molecule has 1 saturated heterocycles. The van der Waals surface area contributed by atoms with Crippen LogP contribution < -0.4 is 16.0 Å². The maximum absolute atomic E-state index is 13.3. The van der Waals surface area contributed by atoms with Crippen molar-refractivity contribution in [3.63, 3.8) is 0 Å². The minimum atomic E-state index is -4.44. The number of nitrogens with zero attached hydrogens (tertiary/aromatic N) is 3. The molecule has 1 saturated carbocycles. The van der Waals surface area contributed by atoms with Gasteiger partial charge in [-0.05, 0) is 85.9 Å². The number of rotatable bonds is 4. The Morgan fingerprint density at radius 1 is 1.09 bits per heavy atom. The van der Waals surface area contributed by atoms with E-state index in [1.807, 2.05) is 6.92 Å². The number of nitrogens with two attached hydrogens (primary N) is 1. The molecule has 2 heterocycles. The van der Waals surface area contributed by atoms with Crippen molar-refractivity contribution in [1.82, 2.24) is 9.97 Å². The van der Waals surface area contributed by atoms with Crippen LogP contribution in [0.2, 0.25) is 0 Å². The highest BCUT2D eigenvalue weighted by Crippen LogP contribution is 2.54. The number of anilines is 3. The van der Waals surface area contributed by atoms with Crippen LogP contribution in [-0.4, -0.2) is 23.1 Å². The second-order valence-electron chi connectivity index (χ2n) is 10.9. The fraction of sp³-hybridized carbons (Fsp3) is 0.481. The van der Waals surface area contributed by atoms with Gasteiger partial charge in [-0.25, -0.2) is 9.97 Å². The Morgan fingerprint density at radius 2 is 1.83 bits per heavy atom. The quantitative estimate of drug-likeness (QED) is 0.456. The summed E-state index contributed by atoms with van der Waals surface area (Å²) in [6, 6.07) is 5.88. The summed E-state index contributed by atoms with van der Waals surface area (Å²) in [5.41, 5.74) is 11.0. The first-order chi connectivity index (χ1) is 16.6. The monoisotopic (exact) mass is 481 g/mol. The van der Waals surface area contributed by atoms with Crippen LogP contribution in [0, 0.1) is 18.3 Å². The van der Waals surface area contributed by atoms with Gasteiger partial charge in [-0.3, -0.25) is 0 Å². The van der Waals surface area contributed by atoms with E-state index in [-0.39, 0.29) is 12.2 Å². The molecule has 0 atom stereocenters. The molecule has 1 aromatic heterocycles. The van der Waals surface area contributed by atoms with Gasteiger partial charge >= 0.3 is 6.18 Å². The molecule has 2 fully saturated rings. The lowest BCUT2D eigenvalue weighted by Gasteiger charge is -2.59. The highest BCUT2D eigenvalue weighted by molar-refractivity contribution is 5.96. The number of hydrogen-bond acceptors (Lipinski definition) is 5. The molecule has 0 bridgehead atoms. The number of halogens is 3. The van der Waals surface area contributed by atoms with Crippen LogP contribution in [0.25, 0.3) is 10.9 Å². The maximum Gasteiger partial charge on any atom is 0.416 e. The van der Waals surface area contributed by atoms with Gasteiger partial charge in [0, 0.05) is 41.8 Å². The third-order valence-electron chi connectivity index (χ3n) is 7.91. The fourth-order valence-electron chi connectivity index (χ4n) is 6.66. The van der Waals surface area contributed by atoms with E-state index in [9.17, 15) is 13.2 Å². The number of benzene rings is 2. The van der Waals surface area contributed by atoms with E-state index in [2.05, 4.69) is 28.2 Å². The van der Waals surface area contributed by atoms with Gasteiger partial charge in [0.2, 0.25) is 0 Å². The lowest BCUT2D eigenvalue weighted by Crippen LogP contribution is -2.62. The Kier molecular flexibility index (Phi) is 4.96. The predicted molar refractivity (Wildman–Crippen MR) is 133 cm³/mol. The Balaban J connectivity index is 1.35. The maximum atomic E-state index is 13.3. The zero-order chi connectivity index (χ0) is 24.5. The third-order valence-corrected chi connectivity index (χ3v) is 7.91. The van der Waals surface area contributed by atoms with Crippen molar-refractivity contribution >= 4 is 28.1 Å². The van der Waals surface area contributed by atoms with Gasteiger partial charge in [-0.15, -0.1) is 0 Å². The normalized spacial score (nSPS) is 19.1. The molecular weight excluding hydrogens is 451 g/mol. The Bertz CT molecular complexity index is 1320. The zero-order valence-electron chi connectivity index (χ0n) is 20.1. The molecule has 5 nitrogen and oxygen atoms in total.